The number of alkyl halides is 3. The van der Waals surface area contributed by atoms with Crippen molar-refractivity contribution in [2.45, 2.75) is 38.1 Å². The lowest BCUT2D eigenvalue weighted by atomic mass is 9.97. The average Bonchev–Trinajstić information content (AvgIpc) is 3.22. The van der Waals surface area contributed by atoms with E-state index in [9.17, 15) is 27.6 Å². The normalized spacial score (nSPS) is 16.9. The number of hydrogen-bond acceptors (Lipinski definition) is 4. The number of carbonyl (C=O) groups is 3. The summed E-state index contributed by atoms with van der Waals surface area (Å²) in [5.74, 6) is -2.12. The Morgan fingerprint density at radius 2 is 1.63 bits per heavy atom. The van der Waals surface area contributed by atoms with E-state index in [1.165, 1.54) is 22.6 Å². The lowest BCUT2D eigenvalue weighted by Gasteiger charge is -2.24. The Labute approximate surface area is 244 Å². The summed E-state index contributed by atoms with van der Waals surface area (Å²) in [6, 6.07) is 21.8. The van der Waals surface area contributed by atoms with Crippen LogP contribution in [-0.2, 0) is 20.8 Å². The first kappa shape index (κ1) is 30.1. The maximum Gasteiger partial charge on any atom is 0.573 e. The van der Waals surface area contributed by atoms with Crippen molar-refractivity contribution in [2.75, 3.05) is 18.4 Å². The number of carbonyl (C=O) groups excluding carboxylic acids is 3. The number of aryl methyl sites for hydroxylation is 1. The standard InChI is InChI=1S/C30H29BrF3N3O4/c31-23-10-8-21(9-11-23)26-17-22(18-27(38)36-24-12-14-25(15-13-24)41-30(32,33)34)29(40)37(26)19-28(39)35-16-4-7-20-5-2-1-3-6-20/h1-3,5-6,8-15,22,26H,4,7,16-19H2,(H,35,39)(H,36,38)/t22-,26-/m1/s1. The first-order chi connectivity index (χ1) is 19.6. The molecule has 216 valence electrons. The molecule has 1 fully saturated rings. The third-order valence-electron chi connectivity index (χ3n) is 6.70. The minimum absolute atomic E-state index is 0.135. The summed E-state index contributed by atoms with van der Waals surface area (Å²) in [5.41, 5.74) is 2.30. The number of hydrogen-bond donors (Lipinski definition) is 2. The highest BCUT2D eigenvalue weighted by Crippen LogP contribution is 2.38. The van der Waals surface area contributed by atoms with Gasteiger partial charge in [0, 0.05) is 29.0 Å². The van der Waals surface area contributed by atoms with E-state index in [1.54, 1.807) is 0 Å². The minimum Gasteiger partial charge on any atom is -0.406 e. The molecule has 0 unspecified atom stereocenters. The maximum absolute atomic E-state index is 13.4. The molecule has 1 saturated heterocycles. The molecule has 1 aliphatic rings. The van der Waals surface area contributed by atoms with Crippen LogP contribution in [0, 0.1) is 5.92 Å². The van der Waals surface area contributed by atoms with Gasteiger partial charge in [0.2, 0.25) is 17.7 Å². The predicted molar refractivity (Wildman–Crippen MR) is 151 cm³/mol. The molecule has 2 N–H and O–H groups in total. The molecule has 11 heteroatoms. The fraction of sp³-hybridized carbons (Fsp3) is 0.300. The summed E-state index contributed by atoms with van der Waals surface area (Å²) >= 11 is 3.41. The van der Waals surface area contributed by atoms with E-state index in [1.807, 2.05) is 54.6 Å². The zero-order chi connectivity index (χ0) is 29.4. The molecule has 3 aromatic carbocycles. The largest absolute Gasteiger partial charge is 0.573 e. The van der Waals surface area contributed by atoms with E-state index < -0.39 is 23.9 Å². The topological polar surface area (TPSA) is 87.7 Å². The summed E-state index contributed by atoms with van der Waals surface area (Å²) in [5, 5.41) is 5.50. The van der Waals surface area contributed by atoms with Crippen LogP contribution in [0.3, 0.4) is 0 Å². The number of halogens is 4. The van der Waals surface area contributed by atoms with Gasteiger partial charge in [-0.2, -0.15) is 0 Å². The van der Waals surface area contributed by atoms with E-state index >= 15 is 0 Å². The quantitative estimate of drug-likeness (QED) is 0.254. The first-order valence-electron chi connectivity index (χ1n) is 13.1. The molecule has 0 spiro atoms. The van der Waals surface area contributed by atoms with Gasteiger partial charge in [-0.05, 0) is 66.8 Å². The van der Waals surface area contributed by atoms with Crippen LogP contribution in [0.15, 0.2) is 83.3 Å². The Morgan fingerprint density at radius 1 is 0.951 bits per heavy atom. The summed E-state index contributed by atoms with van der Waals surface area (Å²) in [4.78, 5) is 40.5. The molecule has 2 atom stereocenters. The number of ether oxygens (including phenoxy) is 1. The van der Waals surface area contributed by atoms with Crippen LogP contribution in [-0.4, -0.2) is 42.1 Å². The number of nitrogens with zero attached hydrogens (tertiary/aromatic N) is 1. The van der Waals surface area contributed by atoms with Gasteiger partial charge in [-0.15, -0.1) is 13.2 Å². The SMILES string of the molecule is O=C(CN1C(=O)[C@@H](CC(=O)Nc2ccc(OC(F)(F)F)cc2)C[C@@H]1c1ccc(Br)cc1)NCCCc1ccccc1. The molecule has 0 saturated carbocycles. The third-order valence-corrected chi connectivity index (χ3v) is 7.22. The zero-order valence-electron chi connectivity index (χ0n) is 22.0. The predicted octanol–water partition coefficient (Wildman–Crippen LogP) is 6.02. The van der Waals surface area contributed by atoms with Crippen molar-refractivity contribution >= 4 is 39.3 Å². The van der Waals surface area contributed by atoms with Gasteiger partial charge < -0.3 is 20.3 Å². The van der Waals surface area contributed by atoms with Gasteiger partial charge in [0.05, 0.1) is 6.04 Å². The molecular weight excluding hydrogens is 603 g/mol. The monoisotopic (exact) mass is 631 g/mol. The highest BCUT2D eigenvalue weighted by Gasteiger charge is 2.41. The lowest BCUT2D eigenvalue weighted by molar-refractivity contribution is -0.274. The maximum atomic E-state index is 13.4. The molecule has 0 aliphatic carbocycles. The number of likely N-dealkylation sites (tertiary alicyclic amines) is 1. The number of rotatable bonds is 11. The van der Waals surface area contributed by atoms with Gasteiger partial charge >= 0.3 is 6.36 Å². The molecule has 3 aromatic rings. The van der Waals surface area contributed by atoms with Crippen molar-refractivity contribution in [3.8, 4) is 5.75 Å². The fourth-order valence-electron chi connectivity index (χ4n) is 4.80. The van der Waals surface area contributed by atoms with Crippen molar-refractivity contribution in [3.05, 3.63) is 94.5 Å². The summed E-state index contributed by atoms with van der Waals surface area (Å²) in [7, 11) is 0. The summed E-state index contributed by atoms with van der Waals surface area (Å²) in [6.07, 6.45) is -3.04. The van der Waals surface area contributed by atoms with E-state index in [4.69, 9.17) is 0 Å². The van der Waals surface area contributed by atoms with Crippen molar-refractivity contribution in [1.29, 1.82) is 0 Å². The second kappa shape index (κ2) is 13.7. The number of benzene rings is 3. The van der Waals surface area contributed by atoms with Crippen LogP contribution >= 0.6 is 15.9 Å². The zero-order valence-corrected chi connectivity index (χ0v) is 23.6. The van der Waals surface area contributed by atoms with E-state index in [-0.39, 0.29) is 36.5 Å². The Kier molecular flexibility index (Phi) is 10.0. The Morgan fingerprint density at radius 3 is 2.29 bits per heavy atom. The lowest BCUT2D eigenvalue weighted by Crippen LogP contribution is -2.40. The highest BCUT2D eigenvalue weighted by atomic mass is 79.9. The van der Waals surface area contributed by atoms with Crippen LogP contribution in [0.25, 0.3) is 0 Å². The second-order valence-corrected chi connectivity index (χ2v) is 10.6. The average molecular weight is 632 g/mol. The summed E-state index contributed by atoms with van der Waals surface area (Å²) in [6.45, 7) is 0.334. The molecule has 3 amide bonds. The highest BCUT2D eigenvalue weighted by molar-refractivity contribution is 9.10. The van der Waals surface area contributed by atoms with Gasteiger partial charge in [0.25, 0.3) is 0 Å². The van der Waals surface area contributed by atoms with Crippen LogP contribution in [0.4, 0.5) is 18.9 Å². The fourth-order valence-corrected chi connectivity index (χ4v) is 5.06. The van der Waals surface area contributed by atoms with Crippen molar-refractivity contribution in [1.82, 2.24) is 10.2 Å². The molecule has 0 radical (unpaired) electrons. The van der Waals surface area contributed by atoms with E-state index in [0.29, 0.717) is 13.0 Å². The van der Waals surface area contributed by atoms with Gasteiger partial charge in [0.1, 0.15) is 12.3 Å². The molecule has 41 heavy (non-hydrogen) atoms. The Bertz CT molecular complexity index is 1340. The van der Waals surface area contributed by atoms with Gasteiger partial charge in [-0.3, -0.25) is 14.4 Å². The van der Waals surface area contributed by atoms with Gasteiger partial charge in [-0.25, -0.2) is 0 Å². The first-order valence-corrected chi connectivity index (χ1v) is 13.9. The molecule has 1 aliphatic heterocycles. The molecule has 0 aromatic heterocycles. The van der Waals surface area contributed by atoms with Gasteiger partial charge in [-0.1, -0.05) is 58.4 Å². The van der Waals surface area contributed by atoms with E-state index in [2.05, 4.69) is 31.3 Å². The third kappa shape index (κ3) is 9.07. The smallest absolute Gasteiger partial charge is 0.406 e. The number of anilines is 1. The minimum atomic E-state index is -4.82. The Balaban J connectivity index is 1.36. The molecule has 1 heterocycles. The van der Waals surface area contributed by atoms with Crippen molar-refractivity contribution in [2.24, 2.45) is 5.92 Å². The Hall–Kier alpha value is -3.86. The van der Waals surface area contributed by atoms with Crippen molar-refractivity contribution in [3.63, 3.8) is 0 Å². The van der Waals surface area contributed by atoms with Gasteiger partial charge in [0.15, 0.2) is 0 Å². The van der Waals surface area contributed by atoms with Crippen LogP contribution in [0.5, 0.6) is 5.75 Å². The van der Waals surface area contributed by atoms with Crippen LogP contribution < -0.4 is 15.4 Å². The van der Waals surface area contributed by atoms with Crippen LogP contribution in [0.1, 0.15) is 36.4 Å². The second-order valence-electron chi connectivity index (χ2n) is 9.73. The number of nitrogens with one attached hydrogen (secondary N) is 2. The molecular formula is C30H29BrF3N3O4. The summed E-state index contributed by atoms with van der Waals surface area (Å²) < 4.78 is 41.9. The number of amides is 3. The van der Waals surface area contributed by atoms with E-state index in [0.717, 1.165) is 35.0 Å². The molecule has 0 bridgehead atoms. The van der Waals surface area contributed by atoms with Crippen molar-refractivity contribution < 1.29 is 32.3 Å². The molecule has 4 rings (SSSR count). The van der Waals surface area contributed by atoms with Crippen LogP contribution in [0.2, 0.25) is 0 Å². The molecule has 7 nitrogen and oxygen atoms in total.